The Balaban J connectivity index is 1.80. The molecule has 1 aliphatic carbocycles. The van der Waals surface area contributed by atoms with Crippen LogP contribution in [0.4, 0.5) is 5.69 Å². The maximum Gasteiger partial charge on any atom is 0.261 e. The van der Waals surface area contributed by atoms with E-state index in [1.54, 1.807) is 13.0 Å². The van der Waals surface area contributed by atoms with Crippen LogP contribution in [-0.4, -0.2) is 14.4 Å². The third kappa shape index (κ3) is 2.63. The summed E-state index contributed by atoms with van der Waals surface area (Å²) in [5, 5.41) is 13.1. The molecule has 1 N–H and O–H groups in total. The Morgan fingerprint density at radius 3 is 2.50 bits per heavy atom. The van der Waals surface area contributed by atoms with Crippen molar-refractivity contribution in [3.8, 4) is 0 Å². The molecule has 0 bridgehead atoms. The number of anilines is 1. The molecule has 0 spiro atoms. The van der Waals surface area contributed by atoms with E-state index in [-0.39, 0.29) is 10.5 Å². The van der Waals surface area contributed by atoms with Gasteiger partial charge in [0.15, 0.2) is 0 Å². The van der Waals surface area contributed by atoms with Crippen LogP contribution < -0.4 is 9.83 Å². The highest BCUT2D eigenvalue weighted by molar-refractivity contribution is 7.92. The first kappa shape index (κ1) is 16.6. The van der Waals surface area contributed by atoms with Crippen molar-refractivity contribution in [1.29, 1.82) is 0 Å². The summed E-state index contributed by atoms with van der Waals surface area (Å²) in [6, 6.07) is 13.6. The molecule has 0 atom stereocenters. The van der Waals surface area contributed by atoms with Crippen LogP contribution in [0.2, 0.25) is 0 Å². The van der Waals surface area contributed by atoms with E-state index in [4.69, 9.17) is 0 Å². The molecule has 0 unspecified atom stereocenters. The fraction of sp³-hybridized carbons (Fsp3) is 0.150. The number of carboxylic acid groups (broad SMARTS) is 1. The maximum atomic E-state index is 12.8. The highest BCUT2D eigenvalue weighted by atomic mass is 32.2. The normalized spacial score (nSPS) is 13.1. The predicted molar refractivity (Wildman–Crippen MR) is 97.7 cm³/mol. The number of carbonyl (C=O) groups is 1. The molecule has 0 aliphatic heterocycles. The fourth-order valence-electron chi connectivity index (χ4n) is 3.53. The fourth-order valence-corrected chi connectivity index (χ4v) is 4.63. The lowest BCUT2D eigenvalue weighted by Crippen LogP contribution is -2.24. The number of carbonyl (C=O) groups excluding carboxylic acids is 1. The average molecular weight is 366 g/mol. The van der Waals surface area contributed by atoms with Crippen molar-refractivity contribution >= 4 is 32.5 Å². The van der Waals surface area contributed by atoms with Crippen molar-refractivity contribution in [2.75, 3.05) is 4.72 Å². The summed E-state index contributed by atoms with van der Waals surface area (Å²) in [6.45, 7) is 1.60. The van der Waals surface area contributed by atoms with Crippen LogP contribution in [-0.2, 0) is 22.9 Å². The topological polar surface area (TPSA) is 86.3 Å². The minimum absolute atomic E-state index is 0.106. The molecule has 6 heteroatoms. The van der Waals surface area contributed by atoms with Gasteiger partial charge in [-0.2, -0.15) is 0 Å². The first-order chi connectivity index (χ1) is 12.4. The minimum Gasteiger partial charge on any atom is -0.545 e. The highest BCUT2D eigenvalue weighted by Gasteiger charge is 2.20. The zero-order valence-electron chi connectivity index (χ0n) is 14.1. The van der Waals surface area contributed by atoms with Gasteiger partial charge in [0.1, 0.15) is 0 Å². The number of hydrogen-bond acceptors (Lipinski definition) is 4. The molecule has 3 aromatic carbocycles. The van der Waals surface area contributed by atoms with Crippen LogP contribution in [0.15, 0.2) is 53.4 Å². The molecule has 0 heterocycles. The van der Waals surface area contributed by atoms with Gasteiger partial charge in [-0.15, -0.1) is 0 Å². The van der Waals surface area contributed by atoms with Gasteiger partial charge in [0.2, 0.25) is 0 Å². The van der Waals surface area contributed by atoms with Gasteiger partial charge in [-0.3, -0.25) is 4.72 Å². The third-order valence-corrected chi connectivity index (χ3v) is 6.22. The van der Waals surface area contributed by atoms with Gasteiger partial charge >= 0.3 is 0 Å². The molecule has 132 valence electrons. The molecule has 0 saturated carbocycles. The highest BCUT2D eigenvalue weighted by Crippen LogP contribution is 2.35. The lowest BCUT2D eigenvalue weighted by Gasteiger charge is -2.14. The number of hydrogen-bond donors (Lipinski definition) is 1. The summed E-state index contributed by atoms with van der Waals surface area (Å²) in [5.41, 5.74) is 3.24. The lowest BCUT2D eigenvalue weighted by atomic mass is 10.0. The Labute approximate surface area is 151 Å². The Hall–Kier alpha value is -2.86. The molecular weight excluding hydrogens is 350 g/mol. The van der Waals surface area contributed by atoms with Crippen LogP contribution in [0, 0.1) is 6.92 Å². The van der Waals surface area contributed by atoms with Crippen LogP contribution in [0.25, 0.3) is 10.8 Å². The van der Waals surface area contributed by atoms with Gasteiger partial charge in [-0.1, -0.05) is 30.3 Å². The minimum atomic E-state index is -3.92. The molecule has 4 rings (SSSR count). The number of carboxylic acids is 1. The van der Waals surface area contributed by atoms with Crippen molar-refractivity contribution in [2.24, 2.45) is 0 Å². The van der Waals surface area contributed by atoms with E-state index in [0.717, 1.165) is 29.7 Å². The van der Waals surface area contributed by atoms with E-state index in [9.17, 15) is 18.3 Å². The zero-order chi connectivity index (χ0) is 18.5. The zero-order valence-corrected chi connectivity index (χ0v) is 14.9. The van der Waals surface area contributed by atoms with E-state index >= 15 is 0 Å². The lowest BCUT2D eigenvalue weighted by molar-refractivity contribution is -0.255. The smallest absolute Gasteiger partial charge is 0.261 e. The monoisotopic (exact) mass is 366 g/mol. The van der Waals surface area contributed by atoms with E-state index < -0.39 is 16.0 Å². The number of sulfonamides is 1. The number of aryl methyl sites for hydroxylation is 3. The van der Waals surface area contributed by atoms with Crippen LogP contribution in [0.5, 0.6) is 0 Å². The van der Waals surface area contributed by atoms with Crippen LogP contribution in [0.1, 0.15) is 27.0 Å². The van der Waals surface area contributed by atoms with E-state index in [0.29, 0.717) is 11.3 Å². The number of nitrogens with one attached hydrogen (secondary N) is 1. The Morgan fingerprint density at radius 2 is 1.77 bits per heavy atom. The number of aromatic carboxylic acids is 1. The summed E-state index contributed by atoms with van der Waals surface area (Å²) in [4.78, 5) is 11.1. The number of rotatable bonds is 4. The largest absolute Gasteiger partial charge is 0.545 e. The van der Waals surface area contributed by atoms with Gasteiger partial charge in [-0.05, 0) is 60.0 Å². The third-order valence-electron chi connectivity index (χ3n) is 4.86. The molecule has 26 heavy (non-hydrogen) atoms. The summed E-state index contributed by atoms with van der Waals surface area (Å²) in [7, 11) is -3.92. The van der Waals surface area contributed by atoms with E-state index in [2.05, 4.69) is 10.8 Å². The molecule has 0 aromatic heterocycles. The molecule has 5 nitrogen and oxygen atoms in total. The molecule has 1 aliphatic rings. The standard InChI is InChI=1S/C20H17NO4S/c1-12-5-9-15(11-17(12)20(22)23)26(24,25)21-18-10-8-14-7-6-13-3-2-4-16(18)19(13)14/h2-5,8-11,21H,6-7H2,1H3,(H,22,23)/p-1. The molecule has 0 radical (unpaired) electrons. The van der Waals surface area contributed by atoms with Crippen molar-refractivity contribution in [3.63, 3.8) is 0 Å². The molecule has 3 aromatic rings. The molecule has 0 amide bonds. The maximum absolute atomic E-state index is 12.8. The number of benzene rings is 3. The Kier molecular flexibility index (Phi) is 3.73. The summed E-state index contributed by atoms with van der Waals surface area (Å²) in [6.07, 6.45) is 1.91. The second kappa shape index (κ2) is 5.85. The summed E-state index contributed by atoms with van der Waals surface area (Å²) in [5.74, 6) is -1.40. The SMILES string of the molecule is Cc1ccc(S(=O)(=O)Nc2ccc3c4c(cccc24)CC3)cc1C(=O)[O-]. The van der Waals surface area contributed by atoms with Gasteiger partial charge < -0.3 is 9.90 Å². The second-order valence-electron chi connectivity index (χ2n) is 6.48. The van der Waals surface area contributed by atoms with Gasteiger partial charge in [-0.25, -0.2) is 8.42 Å². The van der Waals surface area contributed by atoms with Crippen molar-refractivity contribution in [3.05, 3.63) is 70.8 Å². The quantitative estimate of drug-likeness (QED) is 0.768. The summed E-state index contributed by atoms with van der Waals surface area (Å²) < 4.78 is 28.2. The Bertz CT molecular complexity index is 1160. The van der Waals surface area contributed by atoms with Crippen LogP contribution >= 0.6 is 0 Å². The van der Waals surface area contributed by atoms with Gasteiger partial charge in [0.25, 0.3) is 10.0 Å². The first-order valence-corrected chi connectivity index (χ1v) is 9.73. The van der Waals surface area contributed by atoms with E-state index in [1.807, 2.05) is 18.2 Å². The van der Waals surface area contributed by atoms with Gasteiger partial charge in [0, 0.05) is 10.9 Å². The average Bonchev–Trinajstić information content (AvgIpc) is 3.02. The molecule has 0 saturated heterocycles. The van der Waals surface area contributed by atoms with Crippen molar-refractivity contribution < 1.29 is 18.3 Å². The summed E-state index contributed by atoms with van der Waals surface area (Å²) >= 11 is 0. The predicted octanol–water partition coefficient (Wildman–Crippen LogP) is 2.41. The molecular formula is C20H16NO4S-. The molecule has 0 fully saturated rings. The van der Waals surface area contributed by atoms with E-state index in [1.165, 1.54) is 23.3 Å². The van der Waals surface area contributed by atoms with Gasteiger partial charge in [0.05, 0.1) is 16.6 Å². The van der Waals surface area contributed by atoms with Crippen LogP contribution in [0.3, 0.4) is 0 Å². The first-order valence-electron chi connectivity index (χ1n) is 8.25. The Morgan fingerprint density at radius 1 is 1.04 bits per heavy atom. The van der Waals surface area contributed by atoms with Crippen molar-refractivity contribution in [1.82, 2.24) is 0 Å². The second-order valence-corrected chi connectivity index (χ2v) is 8.16. The van der Waals surface area contributed by atoms with Crippen molar-refractivity contribution in [2.45, 2.75) is 24.7 Å².